The first-order valence-electron chi connectivity index (χ1n) is 8.50. The number of thioether (sulfide) groups is 1. The maximum atomic E-state index is 11.0. The average molecular weight is 301 g/mol. The van der Waals surface area contributed by atoms with Gasteiger partial charge in [-0.05, 0) is 19.3 Å². The van der Waals surface area contributed by atoms with Crippen molar-refractivity contribution in [3.8, 4) is 0 Å². The number of hydrogen-bond donors (Lipinski definition) is 0. The standard InChI is InChI=1S/C17H32O2S/c1-3-4-5-6-7-9-12-15-16(20-15)13-10-8-11-14-17(18)19-2/h15-16H,3-14H2,1-2H3. The number of carbonyl (C=O) groups excluding carboxylic acids is 1. The summed E-state index contributed by atoms with van der Waals surface area (Å²) >= 11 is 2.18. The Morgan fingerprint density at radius 3 is 2.05 bits per heavy atom. The zero-order valence-corrected chi connectivity index (χ0v) is 14.2. The van der Waals surface area contributed by atoms with Gasteiger partial charge in [-0.15, -0.1) is 0 Å². The third-order valence-electron chi connectivity index (χ3n) is 4.13. The molecule has 0 spiro atoms. The van der Waals surface area contributed by atoms with Gasteiger partial charge in [0.25, 0.3) is 0 Å². The van der Waals surface area contributed by atoms with Crippen LogP contribution in [0.15, 0.2) is 0 Å². The fraction of sp³-hybridized carbons (Fsp3) is 0.941. The van der Waals surface area contributed by atoms with Crippen molar-refractivity contribution < 1.29 is 9.53 Å². The molecule has 20 heavy (non-hydrogen) atoms. The molecular formula is C17H32O2S. The zero-order valence-electron chi connectivity index (χ0n) is 13.4. The molecule has 0 bridgehead atoms. The van der Waals surface area contributed by atoms with Crippen LogP contribution in [0.25, 0.3) is 0 Å². The summed E-state index contributed by atoms with van der Waals surface area (Å²) in [4.78, 5) is 11.0. The van der Waals surface area contributed by atoms with Gasteiger partial charge in [0.2, 0.25) is 0 Å². The van der Waals surface area contributed by atoms with E-state index in [1.807, 2.05) is 0 Å². The molecule has 118 valence electrons. The van der Waals surface area contributed by atoms with E-state index in [1.54, 1.807) is 0 Å². The molecule has 0 aromatic rings. The first-order chi connectivity index (χ1) is 9.77. The van der Waals surface area contributed by atoms with Crippen LogP contribution in [0.5, 0.6) is 0 Å². The van der Waals surface area contributed by atoms with E-state index in [-0.39, 0.29) is 5.97 Å². The first kappa shape index (κ1) is 17.9. The summed E-state index contributed by atoms with van der Waals surface area (Å²) in [7, 11) is 1.47. The number of rotatable bonds is 13. The predicted molar refractivity (Wildman–Crippen MR) is 88.3 cm³/mol. The first-order valence-corrected chi connectivity index (χ1v) is 9.44. The lowest BCUT2D eigenvalue weighted by Gasteiger charge is -2.01. The maximum absolute atomic E-state index is 11.0. The molecule has 1 rings (SSSR count). The summed E-state index contributed by atoms with van der Waals surface area (Å²) in [5.41, 5.74) is 0. The number of ether oxygens (including phenoxy) is 1. The minimum atomic E-state index is -0.0632. The molecule has 1 heterocycles. The highest BCUT2D eigenvalue weighted by Gasteiger charge is 2.36. The van der Waals surface area contributed by atoms with Crippen molar-refractivity contribution in [3.63, 3.8) is 0 Å². The molecule has 1 aliphatic rings. The lowest BCUT2D eigenvalue weighted by Crippen LogP contribution is -1.99. The van der Waals surface area contributed by atoms with Gasteiger partial charge in [0.1, 0.15) is 0 Å². The summed E-state index contributed by atoms with van der Waals surface area (Å²) in [5.74, 6) is -0.0632. The lowest BCUT2D eigenvalue weighted by molar-refractivity contribution is -0.140. The third-order valence-corrected chi connectivity index (χ3v) is 5.64. The Kier molecular flexibility index (Phi) is 10.3. The van der Waals surface area contributed by atoms with Crippen LogP contribution >= 0.6 is 11.8 Å². The van der Waals surface area contributed by atoms with Gasteiger partial charge in [-0.2, -0.15) is 11.8 Å². The number of carbonyl (C=O) groups is 1. The number of methoxy groups -OCH3 is 1. The third kappa shape index (κ3) is 8.89. The molecule has 0 aromatic carbocycles. The average Bonchev–Trinajstić information content (AvgIpc) is 3.20. The molecule has 1 saturated heterocycles. The predicted octanol–water partition coefficient (Wildman–Crippen LogP) is 5.34. The van der Waals surface area contributed by atoms with Crippen molar-refractivity contribution in [1.29, 1.82) is 0 Å². The highest BCUT2D eigenvalue weighted by atomic mass is 32.2. The van der Waals surface area contributed by atoms with E-state index in [9.17, 15) is 4.79 Å². The molecule has 1 aliphatic heterocycles. The molecule has 2 atom stereocenters. The molecule has 2 unspecified atom stereocenters. The normalized spacial score (nSPS) is 20.9. The van der Waals surface area contributed by atoms with E-state index >= 15 is 0 Å². The topological polar surface area (TPSA) is 26.3 Å². The van der Waals surface area contributed by atoms with Crippen molar-refractivity contribution in [3.05, 3.63) is 0 Å². The Bertz CT molecular complexity index is 255. The largest absolute Gasteiger partial charge is 0.469 e. The van der Waals surface area contributed by atoms with Crippen molar-refractivity contribution in [2.75, 3.05) is 7.11 Å². The Morgan fingerprint density at radius 1 is 0.900 bits per heavy atom. The fourth-order valence-electron chi connectivity index (χ4n) is 2.71. The molecule has 0 radical (unpaired) electrons. The molecular weight excluding hydrogens is 268 g/mol. The van der Waals surface area contributed by atoms with Gasteiger partial charge in [-0.25, -0.2) is 0 Å². The highest BCUT2D eigenvalue weighted by Crippen LogP contribution is 2.47. The highest BCUT2D eigenvalue weighted by molar-refractivity contribution is 8.07. The lowest BCUT2D eigenvalue weighted by atomic mass is 10.0. The Morgan fingerprint density at radius 2 is 1.45 bits per heavy atom. The molecule has 1 fully saturated rings. The zero-order chi connectivity index (χ0) is 14.6. The summed E-state index contributed by atoms with van der Waals surface area (Å²) < 4.78 is 4.64. The van der Waals surface area contributed by atoms with E-state index in [0.29, 0.717) is 6.42 Å². The van der Waals surface area contributed by atoms with Gasteiger partial charge < -0.3 is 4.74 Å². The summed E-state index contributed by atoms with van der Waals surface area (Å²) in [6.45, 7) is 2.27. The van der Waals surface area contributed by atoms with Gasteiger partial charge in [0.05, 0.1) is 7.11 Å². The summed E-state index contributed by atoms with van der Waals surface area (Å²) in [6, 6.07) is 0. The number of esters is 1. The van der Waals surface area contributed by atoms with Crippen LogP contribution in [0.4, 0.5) is 0 Å². The van der Waals surface area contributed by atoms with Crippen LogP contribution in [0.1, 0.15) is 84.0 Å². The quantitative estimate of drug-likeness (QED) is 0.261. The van der Waals surface area contributed by atoms with E-state index in [4.69, 9.17) is 0 Å². The smallest absolute Gasteiger partial charge is 0.305 e. The molecule has 0 aliphatic carbocycles. The second-order valence-electron chi connectivity index (χ2n) is 5.94. The second kappa shape index (κ2) is 11.5. The second-order valence-corrected chi connectivity index (χ2v) is 7.43. The minimum Gasteiger partial charge on any atom is -0.469 e. The van der Waals surface area contributed by atoms with Gasteiger partial charge in [0, 0.05) is 16.9 Å². The fourth-order valence-corrected chi connectivity index (χ4v) is 3.94. The van der Waals surface area contributed by atoms with E-state index < -0.39 is 0 Å². The molecule has 0 amide bonds. The molecule has 0 saturated carbocycles. The van der Waals surface area contributed by atoms with Crippen molar-refractivity contribution in [2.24, 2.45) is 0 Å². The van der Waals surface area contributed by atoms with Crippen LogP contribution < -0.4 is 0 Å². The Labute approximate surface area is 129 Å². The monoisotopic (exact) mass is 300 g/mol. The molecule has 0 N–H and O–H groups in total. The van der Waals surface area contributed by atoms with Crippen molar-refractivity contribution in [2.45, 2.75) is 94.5 Å². The maximum Gasteiger partial charge on any atom is 0.305 e. The van der Waals surface area contributed by atoms with E-state index in [0.717, 1.165) is 16.9 Å². The van der Waals surface area contributed by atoms with Gasteiger partial charge in [-0.3, -0.25) is 4.79 Å². The molecule has 2 nitrogen and oxygen atoms in total. The van der Waals surface area contributed by atoms with E-state index in [1.165, 1.54) is 71.3 Å². The minimum absolute atomic E-state index is 0.0632. The van der Waals surface area contributed by atoms with Gasteiger partial charge in [0.15, 0.2) is 0 Å². The molecule has 3 heteroatoms. The van der Waals surface area contributed by atoms with Crippen LogP contribution in [-0.2, 0) is 9.53 Å². The number of hydrogen-bond acceptors (Lipinski definition) is 3. The van der Waals surface area contributed by atoms with Gasteiger partial charge >= 0.3 is 5.97 Å². The summed E-state index contributed by atoms with van der Waals surface area (Å²) in [5, 5.41) is 1.89. The van der Waals surface area contributed by atoms with Gasteiger partial charge in [-0.1, -0.05) is 58.3 Å². The van der Waals surface area contributed by atoms with Crippen LogP contribution in [0, 0.1) is 0 Å². The van der Waals surface area contributed by atoms with Crippen LogP contribution in [-0.4, -0.2) is 23.6 Å². The SMILES string of the molecule is CCCCCCCCC1SC1CCCCCC(=O)OC. The van der Waals surface area contributed by atoms with Crippen molar-refractivity contribution >= 4 is 17.7 Å². The molecule has 0 aromatic heterocycles. The summed E-state index contributed by atoms with van der Waals surface area (Å²) in [6.07, 6.45) is 15.3. The van der Waals surface area contributed by atoms with Crippen LogP contribution in [0.2, 0.25) is 0 Å². The number of unbranched alkanes of at least 4 members (excludes halogenated alkanes) is 7. The Balaban J connectivity index is 1.80. The van der Waals surface area contributed by atoms with E-state index in [2.05, 4.69) is 23.4 Å². The van der Waals surface area contributed by atoms with Crippen LogP contribution in [0.3, 0.4) is 0 Å². The van der Waals surface area contributed by atoms with Crippen molar-refractivity contribution in [1.82, 2.24) is 0 Å². The Hall–Kier alpha value is -0.180.